The molecule has 1 heterocycles. The molecule has 17 heavy (non-hydrogen) atoms. The van der Waals surface area contributed by atoms with E-state index in [1.54, 1.807) is 0 Å². The summed E-state index contributed by atoms with van der Waals surface area (Å²) in [5.41, 5.74) is 1.63. The van der Waals surface area contributed by atoms with Crippen molar-refractivity contribution in [3.8, 4) is 0 Å². The molecule has 4 heteroatoms. The fraction of sp³-hybridized carbons (Fsp3) is 0.615. The van der Waals surface area contributed by atoms with Gasteiger partial charge in [-0.15, -0.1) is 0 Å². The number of hydrogen-bond acceptors (Lipinski definition) is 2. The molecule has 0 bridgehead atoms. The van der Waals surface area contributed by atoms with Gasteiger partial charge in [0.1, 0.15) is 11.5 Å². The van der Waals surface area contributed by atoms with Crippen LogP contribution in [0.25, 0.3) is 0 Å². The Morgan fingerprint density at radius 3 is 2.41 bits per heavy atom. The molecule has 1 rings (SSSR count). The van der Waals surface area contributed by atoms with Crippen LogP contribution in [0.4, 0.5) is 0 Å². The summed E-state index contributed by atoms with van der Waals surface area (Å²) in [6.45, 7) is 7.72. The van der Waals surface area contributed by atoms with E-state index in [4.69, 9.17) is 4.42 Å². The minimum atomic E-state index is -0.0235. The van der Waals surface area contributed by atoms with Crippen LogP contribution in [0.15, 0.2) is 4.42 Å². The lowest BCUT2D eigenvalue weighted by molar-refractivity contribution is 0.0933. The van der Waals surface area contributed by atoms with Crippen LogP contribution >= 0.6 is 15.9 Å². The molecule has 3 nitrogen and oxygen atoms in total. The molecular weight excluding hydrogens is 282 g/mol. The van der Waals surface area contributed by atoms with Crippen molar-refractivity contribution in [1.29, 1.82) is 0 Å². The topological polar surface area (TPSA) is 42.2 Å². The summed E-state index contributed by atoms with van der Waals surface area (Å²) < 4.78 is 5.47. The number of rotatable bonds is 5. The zero-order chi connectivity index (χ0) is 13.0. The predicted molar refractivity (Wildman–Crippen MR) is 72.9 cm³/mol. The summed E-state index contributed by atoms with van der Waals surface area (Å²) in [5, 5.41) is 3.95. The molecule has 0 aliphatic heterocycles. The number of halogens is 1. The molecule has 0 spiro atoms. The zero-order valence-corrected chi connectivity index (χ0v) is 12.5. The van der Waals surface area contributed by atoms with Gasteiger partial charge >= 0.3 is 0 Å². The van der Waals surface area contributed by atoms with Crippen molar-refractivity contribution in [3.63, 3.8) is 0 Å². The molecule has 1 aromatic rings. The summed E-state index contributed by atoms with van der Waals surface area (Å²) >= 11 is 3.40. The zero-order valence-electron chi connectivity index (χ0n) is 10.9. The van der Waals surface area contributed by atoms with Crippen LogP contribution in [0.3, 0.4) is 0 Å². The number of carbonyl (C=O) groups is 1. The number of carbonyl (C=O) groups excluding carboxylic acids is 1. The Hall–Kier alpha value is -0.770. The lowest BCUT2D eigenvalue weighted by Gasteiger charge is -2.15. The quantitative estimate of drug-likeness (QED) is 0.846. The van der Waals surface area contributed by atoms with E-state index in [0.717, 1.165) is 29.5 Å². The number of amides is 1. The van der Waals surface area contributed by atoms with Crippen molar-refractivity contribution < 1.29 is 9.21 Å². The molecule has 1 N–H and O–H groups in total. The smallest absolute Gasteiger partial charge is 0.255 e. The van der Waals surface area contributed by atoms with Crippen LogP contribution in [-0.4, -0.2) is 17.3 Å². The van der Waals surface area contributed by atoms with E-state index in [1.807, 2.05) is 20.8 Å². The molecule has 0 radical (unpaired) electrons. The highest BCUT2D eigenvalue weighted by Gasteiger charge is 2.20. The molecule has 1 aromatic heterocycles. The van der Waals surface area contributed by atoms with E-state index < -0.39 is 0 Å². The van der Waals surface area contributed by atoms with Gasteiger partial charge in [0, 0.05) is 16.9 Å². The number of aryl methyl sites for hydroxylation is 2. The molecule has 0 aliphatic rings. The van der Waals surface area contributed by atoms with Gasteiger partial charge in [-0.05, 0) is 33.6 Å². The first-order valence-electron chi connectivity index (χ1n) is 5.94. The van der Waals surface area contributed by atoms with E-state index in [-0.39, 0.29) is 11.9 Å². The average Bonchev–Trinajstić information content (AvgIpc) is 2.52. The van der Waals surface area contributed by atoms with E-state index in [2.05, 4.69) is 28.2 Å². The van der Waals surface area contributed by atoms with E-state index in [1.165, 1.54) is 0 Å². The highest BCUT2D eigenvalue weighted by Crippen LogP contribution is 2.20. The number of alkyl halides is 1. The van der Waals surface area contributed by atoms with Gasteiger partial charge in [0.15, 0.2) is 0 Å². The van der Waals surface area contributed by atoms with Gasteiger partial charge in [0.2, 0.25) is 0 Å². The minimum absolute atomic E-state index is 0.0235. The maximum absolute atomic E-state index is 12.2. The Bertz CT molecular complexity index is 398. The Kier molecular flexibility index (Phi) is 5.25. The number of nitrogens with one attached hydrogen (secondary N) is 1. The maximum atomic E-state index is 12.2. The van der Waals surface area contributed by atoms with Gasteiger partial charge in [-0.1, -0.05) is 22.9 Å². The van der Waals surface area contributed by atoms with Crippen LogP contribution in [0.5, 0.6) is 0 Å². The second-order valence-electron chi connectivity index (χ2n) is 4.27. The summed E-state index contributed by atoms with van der Waals surface area (Å²) in [4.78, 5) is 12.2. The minimum Gasteiger partial charge on any atom is -0.466 e. The van der Waals surface area contributed by atoms with Gasteiger partial charge < -0.3 is 9.73 Å². The molecule has 0 saturated heterocycles. The van der Waals surface area contributed by atoms with Gasteiger partial charge in [0.05, 0.1) is 5.56 Å². The van der Waals surface area contributed by atoms with Crippen molar-refractivity contribution >= 4 is 21.8 Å². The number of hydrogen-bond donors (Lipinski definition) is 1. The standard InChI is InChI=1S/C13H20BrNO2/c1-5-11(6-7-14)15-13(16)12-8(2)9(3)17-10(12)4/h11H,5-7H2,1-4H3,(H,15,16). The summed E-state index contributed by atoms with van der Waals surface area (Å²) in [6, 6.07) is 0.218. The SMILES string of the molecule is CCC(CCBr)NC(=O)c1c(C)oc(C)c1C. The highest BCUT2D eigenvalue weighted by molar-refractivity contribution is 9.09. The highest BCUT2D eigenvalue weighted by atomic mass is 79.9. The summed E-state index contributed by atoms with van der Waals surface area (Å²) in [6.07, 6.45) is 1.88. The first kappa shape index (κ1) is 14.3. The first-order chi connectivity index (χ1) is 8.01. The van der Waals surface area contributed by atoms with Crippen molar-refractivity contribution in [1.82, 2.24) is 5.32 Å². The average molecular weight is 302 g/mol. The third-order valence-corrected chi connectivity index (χ3v) is 3.53. The van der Waals surface area contributed by atoms with Gasteiger partial charge in [0.25, 0.3) is 5.91 Å². The van der Waals surface area contributed by atoms with Crippen LogP contribution < -0.4 is 5.32 Å². The van der Waals surface area contributed by atoms with Crippen LogP contribution in [0.1, 0.15) is 47.2 Å². The monoisotopic (exact) mass is 301 g/mol. The summed E-state index contributed by atoms with van der Waals surface area (Å²) in [7, 11) is 0. The van der Waals surface area contributed by atoms with Gasteiger partial charge in [-0.25, -0.2) is 0 Å². The lowest BCUT2D eigenvalue weighted by atomic mass is 10.1. The largest absolute Gasteiger partial charge is 0.466 e. The van der Waals surface area contributed by atoms with Crippen molar-refractivity contribution in [2.45, 2.75) is 46.6 Å². The third kappa shape index (κ3) is 3.35. The molecule has 1 unspecified atom stereocenters. The Morgan fingerprint density at radius 1 is 1.35 bits per heavy atom. The Morgan fingerprint density at radius 2 is 2.00 bits per heavy atom. The van der Waals surface area contributed by atoms with Crippen molar-refractivity contribution in [3.05, 3.63) is 22.6 Å². The van der Waals surface area contributed by atoms with Crippen molar-refractivity contribution in [2.24, 2.45) is 0 Å². The molecular formula is C13H20BrNO2. The third-order valence-electron chi connectivity index (χ3n) is 3.07. The Balaban J connectivity index is 2.82. The normalized spacial score (nSPS) is 12.5. The molecule has 0 aliphatic carbocycles. The molecule has 1 atom stereocenters. The fourth-order valence-corrected chi connectivity index (χ4v) is 2.45. The molecule has 0 saturated carbocycles. The molecule has 1 amide bonds. The van der Waals surface area contributed by atoms with Crippen LogP contribution in [0.2, 0.25) is 0 Å². The van der Waals surface area contributed by atoms with Gasteiger partial charge in [-0.3, -0.25) is 4.79 Å². The van der Waals surface area contributed by atoms with E-state index in [9.17, 15) is 4.79 Å². The second kappa shape index (κ2) is 6.24. The molecule has 0 aromatic carbocycles. The number of furan rings is 1. The fourth-order valence-electron chi connectivity index (χ4n) is 1.90. The lowest BCUT2D eigenvalue weighted by Crippen LogP contribution is -2.35. The molecule has 96 valence electrons. The Labute approximate surface area is 111 Å². The van der Waals surface area contributed by atoms with Crippen LogP contribution in [0, 0.1) is 20.8 Å². The maximum Gasteiger partial charge on any atom is 0.255 e. The predicted octanol–water partition coefficient (Wildman–Crippen LogP) is 3.50. The second-order valence-corrected chi connectivity index (χ2v) is 5.06. The van der Waals surface area contributed by atoms with E-state index >= 15 is 0 Å². The van der Waals surface area contributed by atoms with Crippen molar-refractivity contribution in [2.75, 3.05) is 5.33 Å². The van der Waals surface area contributed by atoms with Gasteiger partial charge in [-0.2, -0.15) is 0 Å². The van der Waals surface area contributed by atoms with E-state index in [0.29, 0.717) is 11.3 Å². The summed E-state index contributed by atoms with van der Waals surface area (Å²) in [5.74, 6) is 1.50. The van der Waals surface area contributed by atoms with Crippen LogP contribution in [-0.2, 0) is 0 Å². The first-order valence-corrected chi connectivity index (χ1v) is 7.06. The molecule has 0 fully saturated rings.